The summed E-state index contributed by atoms with van der Waals surface area (Å²) in [6.07, 6.45) is 3.10. The Kier molecular flexibility index (Phi) is 5.69. The molecule has 1 aromatic carbocycles. The van der Waals surface area contributed by atoms with Crippen molar-refractivity contribution in [1.82, 2.24) is 15.1 Å². The predicted octanol–water partition coefficient (Wildman–Crippen LogP) is 4.60. The van der Waals surface area contributed by atoms with Crippen molar-refractivity contribution in [3.05, 3.63) is 52.3 Å². The molecule has 1 N–H and O–H groups in total. The van der Waals surface area contributed by atoms with E-state index in [2.05, 4.69) is 20.4 Å². The fourth-order valence-electron chi connectivity index (χ4n) is 3.34. The van der Waals surface area contributed by atoms with Crippen LogP contribution in [0.15, 0.2) is 41.1 Å². The first-order chi connectivity index (χ1) is 14.0. The van der Waals surface area contributed by atoms with Crippen LogP contribution in [0.1, 0.15) is 18.5 Å². The summed E-state index contributed by atoms with van der Waals surface area (Å²) in [5.74, 6) is 0.390. The Labute approximate surface area is 178 Å². The van der Waals surface area contributed by atoms with Crippen LogP contribution in [0.5, 0.6) is 0 Å². The quantitative estimate of drug-likeness (QED) is 0.649. The lowest BCUT2D eigenvalue weighted by Gasteiger charge is -2.29. The molecule has 0 spiro atoms. The fraction of sp³-hybridized carbons (Fsp3) is 0.300. The number of carbonyl (C=O) groups excluding carboxylic acids is 1. The summed E-state index contributed by atoms with van der Waals surface area (Å²) in [6, 6.07) is 9.20. The minimum absolute atomic E-state index is 0.0232. The first-order valence-electron chi connectivity index (χ1n) is 9.26. The first-order valence-corrected chi connectivity index (χ1v) is 10.0. The van der Waals surface area contributed by atoms with E-state index in [1.807, 2.05) is 17.9 Å². The highest BCUT2D eigenvalue weighted by Crippen LogP contribution is 2.28. The summed E-state index contributed by atoms with van der Waals surface area (Å²) in [5, 5.41) is 8.02. The summed E-state index contributed by atoms with van der Waals surface area (Å²) in [7, 11) is 0. The largest absolute Gasteiger partial charge is 0.326 e. The second kappa shape index (κ2) is 8.39. The minimum atomic E-state index is -0.0613. The van der Waals surface area contributed by atoms with E-state index in [9.17, 15) is 4.79 Å². The molecule has 3 heterocycles. The third-order valence-electron chi connectivity index (χ3n) is 4.84. The minimum Gasteiger partial charge on any atom is -0.326 e. The zero-order chi connectivity index (χ0) is 20.4. The molecule has 0 aliphatic carbocycles. The van der Waals surface area contributed by atoms with Gasteiger partial charge in [0.25, 0.3) is 0 Å². The number of benzene rings is 1. The monoisotopic (exact) mass is 431 g/mol. The molecular weight excluding hydrogens is 413 g/mol. The average Bonchev–Trinajstić information content (AvgIpc) is 3.18. The molecule has 0 radical (unpaired) electrons. The van der Waals surface area contributed by atoms with Crippen molar-refractivity contribution >= 4 is 40.8 Å². The number of piperidine rings is 1. The van der Waals surface area contributed by atoms with E-state index in [1.54, 1.807) is 30.5 Å². The van der Waals surface area contributed by atoms with Crippen LogP contribution >= 0.6 is 23.2 Å². The number of aromatic nitrogens is 3. The number of aryl methyl sites for hydroxylation is 1. The van der Waals surface area contributed by atoms with Gasteiger partial charge in [-0.2, -0.15) is 4.98 Å². The van der Waals surface area contributed by atoms with Crippen LogP contribution in [0, 0.1) is 12.8 Å². The second-order valence-electron chi connectivity index (χ2n) is 7.00. The van der Waals surface area contributed by atoms with Crippen LogP contribution in [-0.2, 0) is 4.79 Å². The molecule has 9 heteroatoms. The van der Waals surface area contributed by atoms with Gasteiger partial charge < -0.3 is 14.7 Å². The maximum atomic E-state index is 12.5. The van der Waals surface area contributed by atoms with Gasteiger partial charge in [-0.25, -0.2) is 0 Å². The number of pyridine rings is 1. The molecule has 4 rings (SSSR count). The lowest BCUT2D eigenvalue weighted by atomic mass is 9.96. The van der Waals surface area contributed by atoms with E-state index >= 15 is 0 Å². The molecule has 0 saturated carbocycles. The SMILES string of the molecule is Cc1cc(NC(=O)C2CCN(c3nc(-c4cc(Cl)cc(Cl)c4)no3)CC2)ccn1. The Balaban J connectivity index is 1.37. The Bertz CT molecular complexity index is 1010. The van der Waals surface area contributed by atoms with Crippen molar-refractivity contribution in [1.29, 1.82) is 0 Å². The van der Waals surface area contributed by atoms with Crippen LogP contribution in [0.25, 0.3) is 11.4 Å². The number of carbonyl (C=O) groups is 1. The zero-order valence-corrected chi connectivity index (χ0v) is 17.2. The van der Waals surface area contributed by atoms with E-state index in [0.29, 0.717) is 53.4 Å². The molecule has 1 aliphatic heterocycles. The Morgan fingerprint density at radius 1 is 1.17 bits per heavy atom. The van der Waals surface area contributed by atoms with E-state index in [1.165, 1.54) is 0 Å². The standard InChI is InChI=1S/C20H19Cl2N5O2/c1-12-8-17(2-5-23-12)24-19(28)13-3-6-27(7-4-13)20-25-18(26-29-20)14-9-15(21)11-16(22)10-14/h2,5,8-11,13H,3-4,6-7H2,1H3,(H,23,24,28). The molecule has 3 aromatic rings. The highest BCUT2D eigenvalue weighted by molar-refractivity contribution is 6.35. The van der Waals surface area contributed by atoms with Crippen molar-refractivity contribution < 1.29 is 9.32 Å². The zero-order valence-electron chi connectivity index (χ0n) is 15.7. The van der Waals surface area contributed by atoms with Crippen molar-refractivity contribution in [3.8, 4) is 11.4 Å². The summed E-state index contributed by atoms with van der Waals surface area (Å²) in [6.45, 7) is 3.21. The van der Waals surface area contributed by atoms with Crippen LogP contribution in [-0.4, -0.2) is 34.1 Å². The van der Waals surface area contributed by atoms with Gasteiger partial charge in [0.2, 0.25) is 11.7 Å². The molecule has 0 atom stereocenters. The Morgan fingerprint density at radius 3 is 2.59 bits per heavy atom. The van der Waals surface area contributed by atoms with Gasteiger partial charge in [0.15, 0.2) is 0 Å². The number of nitrogens with zero attached hydrogens (tertiary/aromatic N) is 4. The van der Waals surface area contributed by atoms with Gasteiger partial charge in [-0.1, -0.05) is 28.4 Å². The predicted molar refractivity (Wildman–Crippen MR) is 112 cm³/mol. The van der Waals surface area contributed by atoms with E-state index < -0.39 is 0 Å². The molecule has 0 bridgehead atoms. The van der Waals surface area contributed by atoms with Gasteiger partial charge in [-0.15, -0.1) is 0 Å². The molecule has 1 fully saturated rings. The third kappa shape index (κ3) is 4.68. The van der Waals surface area contributed by atoms with Gasteiger partial charge in [0, 0.05) is 52.2 Å². The average molecular weight is 432 g/mol. The highest BCUT2D eigenvalue weighted by atomic mass is 35.5. The molecule has 7 nitrogen and oxygen atoms in total. The summed E-state index contributed by atoms with van der Waals surface area (Å²) >= 11 is 12.1. The lowest BCUT2D eigenvalue weighted by Crippen LogP contribution is -2.38. The number of rotatable bonds is 4. The molecule has 2 aromatic heterocycles. The van der Waals surface area contributed by atoms with Crippen molar-refractivity contribution in [2.24, 2.45) is 5.92 Å². The molecular formula is C20H19Cl2N5O2. The first kappa shape index (κ1) is 19.7. The van der Waals surface area contributed by atoms with Crippen molar-refractivity contribution in [2.75, 3.05) is 23.3 Å². The number of hydrogen-bond acceptors (Lipinski definition) is 6. The van der Waals surface area contributed by atoms with Crippen LogP contribution in [0.4, 0.5) is 11.7 Å². The van der Waals surface area contributed by atoms with Crippen LogP contribution in [0.3, 0.4) is 0 Å². The maximum Gasteiger partial charge on any atom is 0.324 e. The summed E-state index contributed by atoms with van der Waals surface area (Å²) in [4.78, 5) is 23.1. The Hall–Kier alpha value is -2.64. The summed E-state index contributed by atoms with van der Waals surface area (Å²) in [5.41, 5.74) is 2.33. The van der Waals surface area contributed by atoms with Gasteiger partial charge in [0.1, 0.15) is 0 Å². The van der Waals surface area contributed by atoms with Crippen molar-refractivity contribution in [2.45, 2.75) is 19.8 Å². The number of nitrogens with one attached hydrogen (secondary N) is 1. The highest BCUT2D eigenvalue weighted by Gasteiger charge is 2.27. The molecule has 150 valence electrons. The van der Waals surface area contributed by atoms with E-state index in [-0.39, 0.29) is 11.8 Å². The van der Waals surface area contributed by atoms with Gasteiger partial charge in [0.05, 0.1) is 0 Å². The fourth-order valence-corrected chi connectivity index (χ4v) is 3.87. The smallest absolute Gasteiger partial charge is 0.324 e. The normalized spacial score (nSPS) is 14.8. The molecule has 1 aliphatic rings. The van der Waals surface area contributed by atoms with Gasteiger partial charge >= 0.3 is 6.01 Å². The molecule has 29 heavy (non-hydrogen) atoms. The number of hydrogen-bond donors (Lipinski definition) is 1. The second-order valence-corrected chi connectivity index (χ2v) is 7.87. The lowest BCUT2D eigenvalue weighted by molar-refractivity contribution is -0.120. The molecule has 1 saturated heterocycles. The van der Waals surface area contributed by atoms with Crippen LogP contribution in [0.2, 0.25) is 10.0 Å². The number of amides is 1. The van der Waals surface area contributed by atoms with Gasteiger partial charge in [-0.3, -0.25) is 9.78 Å². The third-order valence-corrected chi connectivity index (χ3v) is 5.27. The molecule has 0 unspecified atom stereocenters. The topological polar surface area (TPSA) is 84.2 Å². The number of anilines is 2. The molecule has 1 amide bonds. The Morgan fingerprint density at radius 2 is 1.90 bits per heavy atom. The number of halogens is 2. The maximum absolute atomic E-state index is 12.5. The van der Waals surface area contributed by atoms with Crippen LogP contribution < -0.4 is 10.2 Å². The van der Waals surface area contributed by atoms with E-state index in [0.717, 1.165) is 11.4 Å². The van der Waals surface area contributed by atoms with Gasteiger partial charge in [-0.05, 0) is 50.1 Å². The summed E-state index contributed by atoms with van der Waals surface area (Å²) < 4.78 is 5.41. The van der Waals surface area contributed by atoms with Crippen molar-refractivity contribution in [3.63, 3.8) is 0 Å². The van der Waals surface area contributed by atoms with E-state index in [4.69, 9.17) is 27.7 Å².